The first-order chi connectivity index (χ1) is 4.22. The Morgan fingerprint density at radius 2 is 2.33 bits per heavy atom. The number of ether oxygens (including phenoxy) is 1. The molecule has 0 saturated heterocycles. The third-order valence-corrected chi connectivity index (χ3v) is 1.44. The van der Waals surface area contributed by atoms with Crippen LogP contribution in [0.4, 0.5) is 0 Å². The largest absolute Gasteiger partial charge is 0.481 e. The normalized spacial score (nSPS) is 12.8. The Morgan fingerprint density at radius 3 is 2.67 bits per heavy atom. The lowest BCUT2D eigenvalue weighted by molar-refractivity contribution is 0.303. The maximum atomic E-state index is 7.19. The lowest BCUT2D eigenvalue weighted by Crippen LogP contribution is -2.14. The van der Waals surface area contributed by atoms with E-state index >= 15 is 0 Å². The van der Waals surface area contributed by atoms with E-state index in [-0.39, 0.29) is 11.8 Å². The minimum Gasteiger partial charge on any atom is -0.481 e. The molecule has 0 spiro atoms. The average Bonchev–Trinajstić information content (AvgIpc) is 1.87. The highest BCUT2D eigenvalue weighted by Gasteiger charge is 2.06. The maximum absolute atomic E-state index is 7.19. The van der Waals surface area contributed by atoms with Gasteiger partial charge in [-0.05, 0) is 6.92 Å². The molecule has 0 aliphatic carbocycles. The first-order valence-corrected chi connectivity index (χ1v) is 3.53. The van der Waals surface area contributed by atoms with E-state index in [4.69, 9.17) is 21.7 Å². The Kier molecular flexibility index (Phi) is 4.50. The minimum absolute atomic E-state index is 0.0478. The second kappa shape index (κ2) is 4.62. The van der Waals surface area contributed by atoms with E-state index in [0.717, 1.165) is 0 Å². The van der Waals surface area contributed by atoms with E-state index in [1.165, 1.54) is 0 Å². The molecule has 3 heteroatoms. The van der Waals surface area contributed by atoms with Crippen LogP contribution in [0.25, 0.3) is 0 Å². The smallest absolute Gasteiger partial charge is 0.184 e. The molecule has 0 rings (SSSR count). The van der Waals surface area contributed by atoms with E-state index in [2.05, 4.69) is 0 Å². The number of rotatable bonds is 3. The van der Waals surface area contributed by atoms with Crippen molar-refractivity contribution < 1.29 is 4.74 Å². The van der Waals surface area contributed by atoms with Gasteiger partial charge in [0.2, 0.25) is 0 Å². The van der Waals surface area contributed by atoms with Crippen molar-refractivity contribution in [2.75, 3.05) is 12.5 Å². The molecule has 0 aromatic carbocycles. The average molecular weight is 150 g/mol. The van der Waals surface area contributed by atoms with Crippen molar-refractivity contribution in [3.8, 4) is 0 Å². The Labute approximate surface area is 60.7 Å². The summed E-state index contributed by atoms with van der Waals surface area (Å²) in [5.41, 5.74) is 0. The lowest BCUT2D eigenvalue weighted by atomic mass is 10.2. The number of halogens is 1. The molecular formula is C6H12ClNO. The molecule has 0 saturated carbocycles. The summed E-state index contributed by atoms with van der Waals surface area (Å²) >= 11 is 5.46. The molecule has 1 atom stereocenters. The van der Waals surface area contributed by atoms with Crippen molar-refractivity contribution >= 4 is 17.5 Å². The van der Waals surface area contributed by atoms with Crippen molar-refractivity contribution in [2.24, 2.45) is 5.92 Å². The predicted molar refractivity (Wildman–Crippen MR) is 39.2 cm³/mol. The predicted octanol–water partition coefficient (Wildman–Crippen LogP) is 1.88. The molecule has 0 radical (unpaired) electrons. The number of alkyl halides is 1. The van der Waals surface area contributed by atoms with Gasteiger partial charge < -0.3 is 4.74 Å². The maximum Gasteiger partial charge on any atom is 0.184 e. The van der Waals surface area contributed by atoms with Gasteiger partial charge in [0.05, 0.1) is 6.61 Å². The quantitative estimate of drug-likeness (QED) is 0.371. The molecule has 0 fully saturated rings. The van der Waals surface area contributed by atoms with Crippen LogP contribution >= 0.6 is 11.6 Å². The number of hydrogen-bond donors (Lipinski definition) is 1. The van der Waals surface area contributed by atoms with E-state index in [0.29, 0.717) is 12.5 Å². The first-order valence-electron chi connectivity index (χ1n) is 2.99. The fourth-order valence-corrected chi connectivity index (χ4v) is 0.508. The van der Waals surface area contributed by atoms with Gasteiger partial charge in [-0.25, -0.2) is 0 Å². The third-order valence-electron chi connectivity index (χ3n) is 0.979. The summed E-state index contributed by atoms with van der Waals surface area (Å²) in [6.07, 6.45) is 0. The summed E-state index contributed by atoms with van der Waals surface area (Å²) in [5, 5.41) is 7.19. The van der Waals surface area contributed by atoms with Crippen LogP contribution in [0.1, 0.15) is 13.8 Å². The van der Waals surface area contributed by atoms with E-state index in [1.807, 2.05) is 13.8 Å². The molecule has 0 aromatic heterocycles. The van der Waals surface area contributed by atoms with E-state index < -0.39 is 0 Å². The van der Waals surface area contributed by atoms with Crippen molar-refractivity contribution in [1.82, 2.24) is 0 Å². The molecule has 0 aliphatic rings. The van der Waals surface area contributed by atoms with Crippen LogP contribution in [0.3, 0.4) is 0 Å². The zero-order chi connectivity index (χ0) is 7.28. The Balaban J connectivity index is 3.46. The Hall–Kier alpha value is -0.240. The summed E-state index contributed by atoms with van der Waals surface area (Å²) in [5.74, 6) is 0.790. The van der Waals surface area contributed by atoms with Gasteiger partial charge in [-0.15, -0.1) is 11.6 Å². The zero-order valence-electron chi connectivity index (χ0n) is 5.78. The molecule has 0 aromatic rings. The third kappa shape index (κ3) is 3.36. The van der Waals surface area contributed by atoms with Gasteiger partial charge in [0, 0.05) is 11.8 Å². The van der Waals surface area contributed by atoms with Gasteiger partial charge in [-0.2, -0.15) is 0 Å². The van der Waals surface area contributed by atoms with Crippen LogP contribution in [-0.2, 0) is 4.74 Å². The molecule has 54 valence electrons. The fraction of sp³-hybridized carbons (Fsp3) is 0.833. The molecule has 0 bridgehead atoms. The van der Waals surface area contributed by atoms with Crippen LogP contribution in [-0.4, -0.2) is 18.4 Å². The van der Waals surface area contributed by atoms with E-state index in [9.17, 15) is 0 Å². The monoisotopic (exact) mass is 149 g/mol. The van der Waals surface area contributed by atoms with Gasteiger partial charge in [-0.1, -0.05) is 6.92 Å². The fourth-order valence-electron chi connectivity index (χ4n) is 0.368. The summed E-state index contributed by atoms with van der Waals surface area (Å²) in [6, 6.07) is 0. The molecule has 0 amide bonds. The van der Waals surface area contributed by atoms with Crippen molar-refractivity contribution in [1.29, 1.82) is 5.41 Å². The summed E-state index contributed by atoms with van der Waals surface area (Å²) in [4.78, 5) is 0. The van der Waals surface area contributed by atoms with E-state index in [1.54, 1.807) is 0 Å². The van der Waals surface area contributed by atoms with Crippen molar-refractivity contribution in [3.63, 3.8) is 0 Å². The highest BCUT2D eigenvalue weighted by molar-refractivity contribution is 6.19. The second-order valence-corrected chi connectivity index (χ2v) is 2.16. The van der Waals surface area contributed by atoms with Gasteiger partial charge >= 0.3 is 0 Å². The molecule has 1 unspecified atom stereocenters. The van der Waals surface area contributed by atoms with Crippen LogP contribution in [0.2, 0.25) is 0 Å². The molecule has 1 N–H and O–H groups in total. The standard InChI is InChI=1S/C6H12ClNO/c1-3-9-6(8)5(2)4-7/h5,8H,3-4H2,1-2H3. The number of hydrogen-bond acceptors (Lipinski definition) is 2. The lowest BCUT2D eigenvalue weighted by Gasteiger charge is -2.08. The summed E-state index contributed by atoms with van der Waals surface area (Å²) in [7, 11) is 0. The van der Waals surface area contributed by atoms with Crippen molar-refractivity contribution in [2.45, 2.75) is 13.8 Å². The van der Waals surface area contributed by atoms with Gasteiger partial charge in [0.25, 0.3) is 0 Å². The van der Waals surface area contributed by atoms with Crippen LogP contribution < -0.4 is 0 Å². The van der Waals surface area contributed by atoms with Gasteiger partial charge in [-0.3, -0.25) is 5.41 Å². The first kappa shape index (κ1) is 8.76. The molecule has 9 heavy (non-hydrogen) atoms. The van der Waals surface area contributed by atoms with Crippen molar-refractivity contribution in [3.05, 3.63) is 0 Å². The van der Waals surface area contributed by atoms with Gasteiger partial charge in [0.15, 0.2) is 5.90 Å². The van der Waals surface area contributed by atoms with Crippen LogP contribution in [0, 0.1) is 11.3 Å². The zero-order valence-corrected chi connectivity index (χ0v) is 6.53. The Bertz CT molecular complexity index is 95.1. The Morgan fingerprint density at radius 1 is 1.78 bits per heavy atom. The highest BCUT2D eigenvalue weighted by Crippen LogP contribution is 2.00. The highest BCUT2D eigenvalue weighted by atomic mass is 35.5. The molecular weight excluding hydrogens is 138 g/mol. The minimum atomic E-state index is 0.0478. The molecule has 0 aliphatic heterocycles. The topological polar surface area (TPSA) is 33.1 Å². The SMILES string of the molecule is CCOC(=N)C(C)CCl. The summed E-state index contributed by atoms with van der Waals surface area (Å²) in [6.45, 7) is 4.28. The van der Waals surface area contributed by atoms with Crippen LogP contribution in [0.5, 0.6) is 0 Å². The number of nitrogens with one attached hydrogen (secondary N) is 1. The second-order valence-electron chi connectivity index (χ2n) is 1.85. The molecule has 0 heterocycles. The summed E-state index contributed by atoms with van der Waals surface area (Å²) < 4.78 is 4.89. The van der Waals surface area contributed by atoms with Gasteiger partial charge in [0.1, 0.15) is 0 Å². The van der Waals surface area contributed by atoms with Crippen LogP contribution in [0.15, 0.2) is 0 Å². The molecule has 2 nitrogen and oxygen atoms in total.